The number of benzene rings is 1. The molecule has 1 aromatic carbocycles. The number of carboxylic acid groups (broad SMARTS) is 1. The van der Waals surface area contributed by atoms with Crippen molar-refractivity contribution < 1.29 is 9.90 Å². The molecule has 0 spiro atoms. The van der Waals surface area contributed by atoms with E-state index in [1.807, 2.05) is 37.3 Å². The van der Waals surface area contributed by atoms with Gasteiger partial charge in [0, 0.05) is 11.8 Å². The summed E-state index contributed by atoms with van der Waals surface area (Å²) in [5.74, 6) is -0.901. The average Bonchev–Trinajstić information content (AvgIpc) is 2.37. The van der Waals surface area contributed by atoms with Gasteiger partial charge in [0.15, 0.2) is 5.16 Å². The molecule has 18 heavy (non-hydrogen) atoms. The summed E-state index contributed by atoms with van der Waals surface area (Å²) in [7, 11) is 0. The molecule has 1 heterocycles. The van der Waals surface area contributed by atoms with E-state index >= 15 is 0 Å². The summed E-state index contributed by atoms with van der Waals surface area (Å²) in [4.78, 5) is 18.9. The van der Waals surface area contributed by atoms with Crippen LogP contribution >= 0.6 is 11.8 Å². The van der Waals surface area contributed by atoms with Crippen molar-refractivity contribution >= 4 is 17.7 Å². The SMILES string of the molecule is Cc1ccc(-c2ccnc(SCC(=O)O)n2)cc1. The van der Waals surface area contributed by atoms with Crippen LogP contribution in [0.4, 0.5) is 0 Å². The van der Waals surface area contributed by atoms with E-state index in [0.717, 1.165) is 23.0 Å². The zero-order valence-corrected chi connectivity index (χ0v) is 10.6. The normalized spacial score (nSPS) is 10.3. The molecule has 4 nitrogen and oxygen atoms in total. The smallest absolute Gasteiger partial charge is 0.313 e. The average molecular weight is 260 g/mol. The number of carbonyl (C=O) groups is 1. The Kier molecular flexibility index (Phi) is 3.94. The van der Waals surface area contributed by atoms with Crippen LogP contribution in [0.5, 0.6) is 0 Å². The minimum absolute atomic E-state index is 0.0304. The molecule has 92 valence electrons. The highest BCUT2D eigenvalue weighted by Gasteiger charge is 2.05. The first kappa shape index (κ1) is 12.6. The monoisotopic (exact) mass is 260 g/mol. The van der Waals surface area contributed by atoms with Crippen LogP contribution in [0.1, 0.15) is 5.56 Å². The van der Waals surface area contributed by atoms with E-state index in [0.29, 0.717) is 5.16 Å². The van der Waals surface area contributed by atoms with Crippen molar-refractivity contribution in [1.29, 1.82) is 0 Å². The molecule has 2 rings (SSSR count). The molecule has 0 radical (unpaired) electrons. The van der Waals surface area contributed by atoms with Crippen molar-refractivity contribution in [2.24, 2.45) is 0 Å². The van der Waals surface area contributed by atoms with Gasteiger partial charge in [-0.05, 0) is 13.0 Å². The number of hydrogen-bond donors (Lipinski definition) is 1. The highest BCUT2D eigenvalue weighted by molar-refractivity contribution is 7.99. The Hall–Kier alpha value is -1.88. The first-order valence-electron chi connectivity index (χ1n) is 5.40. The maximum Gasteiger partial charge on any atom is 0.313 e. The molecule has 0 bridgehead atoms. The summed E-state index contributed by atoms with van der Waals surface area (Å²) in [6.07, 6.45) is 1.65. The number of aryl methyl sites for hydroxylation is 1. The molecule has 2 aromatic rings. The Morgan fingerprint density at radius 1 is 1.28 bits per heavy atom. The summed E-state index contributed by atoms with van der Waals surface area (Å²) in [6.45, 7) is 2.03. The third-order valence-electron chi connectivity index (χ3n) is 2.31. The molecule has 0 fully saturated rings. The van der Waals surface area contributed by atoms with Crippen molar-refractivity contribution in [2.45, 2.75) is 12.1 Å². The summed E-state index contributed by atoms with van der Waals surface area (Å²) in [6, 6.07) is 9.82. The van der Waals surface area contributed by atoms with Crippen molar-refractivity contribution in [3.63, 3.8) is 0 Å². The molecule has 0 unspecified atom stereocenters. The van der Waals surface area contributed by atoms with Crippen molar-refractivity contribution in [1.82, 2.24) is 9.97 Å². The molecule has 0 amide bonds. The van der Waals surface area contributed by atoms with Gasteiger partial charge in [0.25, 0.3) is 0 Å². The molecule has 5 heteroatoms. The molecule has 0 aliphatic carbocycles. The predicted molar refractivity (Wildman–Crippen MR) is 70.6 cm³/mol. The number of aliphatic carboxylic acids is 1. The quantitative estimate of drug-likeness (QED) is 0.676. The van der Waals surface area contributed by atoms with Gasteiger partial charge in [-0.2, -0.15) is 0 Å². The van der Waals surface area contributed by atoms with E-state index < -0.39 is 5.97 Å². The second kappa shape index (κ2) is 5.64. The lowest BCUT2D eigenvalue weighted by Crippen LogP contribution is -1.99. The Labute approximate surface area is 109 Å². The number of hydrogen-bond acceptors (Lipinski definition) is 4. The van der Waals surface area contributed by atoms with Crippen molar-refractivity contribution in [2.75, 3.05) is 5.75 Å². The minimum Gasteiger partial charge on any atom is -0.481 e. The Morgan fingerprint density at radius 2 is 2.00 bits per heavy atom. The standard InChI is InChI=1S/C13H12N2O2S/c1-9-2-4-10(5-3-9)11-6-7-14-13(15-11)18-8-12(16)17/h2-7H,8H2,1H3,(H,16,17). The fraction of sp³-hybridized carbons (Fsp3) is 0.154. The molecular formula is C13H12N2O2S. The number of aromatic nitrogens is 2. The predicted octanol–water partition coefficient (Wildman–Crippen LogP) is 2.63. The van der Waals surface area contributed by atoms with Crippen LogP contribution in [0, 0.1) is 6.92 Å². The molecular weight excluding hydrogens is 248 g/mol. The van der Waals surface area contributed by atoms with Crippen LogP contribution in [0.15, 0.2) is 41.7 Å². The third-order valence-corrected chi connectivity index (χ3v) is 3.15. The van der Waals surface area contributed by atoms with E-state index in [4.69, 9.17) is 5.11 Å². The van der Waals surface area contributed by atoms with E-state index in [1.54, 1.807) is 6.20 Å². The number of nitrogens with zero attached hydrogens (tertiary/aromatic N) is 2. The molecule has 0 aliphatic heterocycles. The Balaban J connectivity index is 2.21. The zero-order valence-electron chi connectivity index (χ0n) is 9.83. The van der Waals surface area contributed by atoms with Gasteiger partial charge in [-0.25, -0.2) is 9.97 Å². The lowest BCUT2D eigenvalue weighted by molar-refractivity contribution is -0.133. The first-order chi connectivity index (χ1) is 8.65. The Morgan fingerprint density at radius 3 is 2.67 bits per heavy atom. The molecule has 0 aliphatic rings. The summed E-state index contributed by atoms with van der Waals surface area (Å²) in [5, 5.41) is 9.10. The highest BCUT2D eigenvalue weighted by atomic mass is 32.2. The highest BCUT2D eigenvalue weighted by Crippen LogP contribution is 2.20. The number of rotatable bonds is 4. The fourth-order valence-electron chi connectivity index (χ4n) is 1.42. The van der Waals surface area contributed by atoms with E-state index in [9.17, 15) is 4.79 Å². The molecule has 0 atom stereocenters. The summed E-state index contributed by atoms with van der Waals surface area (Å²) in [5.41, 5.74) is 2.99. The maximum absolute atomic E-state index is 10.5. The van der Waals surface area contributed by atoms with Gasteiger partial charge >= 0.3 is 5.97 Å². The molecule has 1 N–H and O–H groups in total. The van der Waals surface area contributed by atoms with Crippen LogP contribution < -0.4 is 0 Å². The molecule has 0 saturated carbocycles. The molecule has 1 aromatic heterocycles. The van der Waals surface area contributed by atoms with E-state index in [1.165, 1.54) is 5.56 Å². The third kappa shape index (κ3) is 3.30. The van der Waals surface area contributed by atoms with Crippen LogP contribution in [0.25, 0.3) is 11.3 Å². The maximum atomic E-state index is 10.5. The van der Waals surface area contributed by atoms with Gasteiger partial charge in [-0.15, -0.1) is 0 Å². The Bertz CT molecular complexity index is 555. The van der Waals surface area contributed by atoms with Crippen molar-refractivity contribution in [3.05, 3.63) is 42.1 Å². The van der Waals surface area contributed by atoms with E-state index in [-0.39, 0.29) is 5.75 Å². The van der Waals surface area contributed by atoms with Crippen LogP contribution in [0.3, 0.4) is 0 Å². The summed E-state index contributed by atoms with van der Waals surface area (Å²) < 4.78 is 0. The van der Waals surface area contributed by atoms with Gasteiger partial charge in [0.1, 0.15) is 0 Å². The zero-order chi connectivity index (χ0) is 13.0. The lowest BCUT2D eigenvalue weighted by atomic mass is 10.1. The van der Waals surface area contributed by atoms with Gasteiger partial charge in [0.2, 0.25) is 0 Å². The van der Waals surface area contributed by atoms with Gasteiger partial charge < -0.3 is 5.11 Å². The second-order valence-electron chi connectivity index (χ2n) is 3.77. The lowest BCUT2D eigenvalue weighted by Gasteiger charge is -2.03. The molecule has 0 saturated heterocycles. The second-order valence-corrected chi connectivity index (χ2v) is 4.72. The largest absolute Gasteiger partial charge is 0.481 e. The van der Waals surface area contributed by atoms with Gasteiger partial charge in [-0.3, -0.25) is 4.79 Å². The summed E-state index contributed by atoms with van der Waals surface area (Å²) >= 11 is 1.12. The minimum atomic E-state index is -0.871. The van der Waals surface area contributed by atoms with Crippen LogP contribution in [0.2, 0.25) is 0 Å². The topological polar surface area (TPSA) is 63.1 Å². The fourth-order valence-corrected chi connectivity index (χ4v) is 1.97. The van der Waals surface area contributed by atoms with Crippen LogP contribution in [-0.4, -0.2) is 26.8 Å². The number of carboxylic acids is 1. The first-order valence-corrected chi connectivity index (χ1v) is 6.38. The number of thioether (sulfide) groups is 1. The van der Waals surface area contributed by atoms with Crippen LogP contribution in [-0.2, 0) is 4.79 Å². The van der Waals surface area contributed by atoms with E-state index in [2.05, 4.69) is 9.97 Å². The van der Waals surface area contributed by atoms with Gasteiger partial charge in [0.05, 0.1) is 11.4 Å². The van der Waals surface area contributed by atoms with Gasteiger partial charge in [-0.1, -0.05) is 41.6 Å². The van der Waals surface area contributed by atoms with Crippen molar-refractivity contribution in [3.8, 4) is 11.3 Å².